The van der Waals surface area contributed by atoms with Gasteiger partial charge in [-0.25, -0.2) is 8.42 Å². The number of nitrogens with zero attached hydrogens (tertiary/aromatic N) is 1. The van der Waals surface area contributed by atoms with Gasteiger partial charge < -0.3 is 0 Å². The van der Waals surface area contributed by atoms with Gasteiger partial charge in [0.2, 0.25) is 0 Å². The molecule has 4 heteroatoms. The summed E-state index contributed by atoms with van der Waals surface area (Å²) < 4.78 is 22.3. The van der Waals surface area contributed by atoms with Crippen molar-refractivity contribution in [1.82, 2.24) is 4.90 Å². The van der Waals surface area contributed by atoms with Gasteiger partial charge in [-0.2, -0.15) is 0 Å². The molecule has 1 saturated heterocycles. The van der Waals surface area contributed by atoms with Crippen LogP contribution in [0.4, 0.5) is 0 Å². The maximum absolute atomic E-state index is 11.2. The van der Waals surface area contributed by atoms with Crippen LogP contribution in [-0.2, 0) is 9.84 Å². The second-order valence-electron chi connectivity index (χ2n) is 3.35. The molecule has 1 rings (SSSR count). The Morgan fingerprint density at radius 3 is 2.58 bits per heavy atom. The monoisotopic (exact) mass is 190 g/mol. The van der Waals surface area contributed by atoms with Crippen LogP contribution in [0.3, 0.4) is 0 Å². The Morgan fingerprint density at radius 1 is 1.50 bits per heavy atom. The first kappa shape index (κ1) is 9.99. The molecule has 71 valence electrons. The summed E-state index contributed by atoms with van der Waals surface area (Å²) in [6.45, 7) is 3.48. The summed E-state index contributed by atoms with van der Waals surface area (Å²) in [6, 6.07) is 0. The van der Waals surface area contributed by atoms with Crippen molar-refractivity contribution in [3.63, 3.8) is 0 Å². The molecular formula is C8H16NO2S. The summed E-state index contributed by atoms with van der Waals surface area (Å²) in [5, 5.41) is -0.325. The summed E-state index contributed by atoms with van der Waals surface area (Å²) in [4.78, 5) is 2.00. The molecule has 1 heterocycles. The number of piperidine rings is 1. The molecular weight excluding hydrogens is 174 g/mol. The summed E-state index contributed by atoms with van der Waals surface area (Å²) in [5.41, 5.74) is 0. The topological polar surface area (TPSA) is 37.4 Å². The minimum atomic E-state index is -2.90. The van der Waals surface area contributed by atoms with Gasteiger partial charge in [-0.05, 0) is 32.7 Å². The third kappa shape index (κ3) is 2.45. The highest BCUT2D eigenvalue weighted by Crippen LogP contribution is 2.13. The van der Waals surface area contributed by atoms with Gasteiger partial charge in [0.05, 0.1) is 0 Å². The van der Waals surface area contributed by atoms with Crippen LogP contribution in [-0.4, -0.2) is 38.0 Å². The lowest BCUT2D eigenvalue weighted by Crippen LogP contribution is -2.41. The maximum Gasteiger partial charge on any atom is 0.163 e. The van der Waals surface area contributed by atoms with E-state index in [1.807, 2.05) is 4.90 Å². The largest absolute Gasteiger partial charge is 0.287 e. The highest BCUT2D eigenvalue weighted by molar-refractivity contribution is 7.91. The molecule has 0 aromatic rings. The zero-order valence-corrected chi connectivity index (χ0v) is 8.47. The van der Waals surface area contributed by atoms with Crippen LogP contribution in [0.1, 0.15) is 19.8 Å². The molecule has 3 nitrogen and oxygen atoms in total. The number of rotatable bonds is 2. The fourth-order valence-electron chi connectivity index (χ4n) is 1.39. The molecule has 1 radical (unpaired) electrons. The molecule has 0 aromatic carbocycles. The average molecular weight is 190 g/mol. The molecule has 1 fully saturated rings. The smallest absolute Gasteiger partial charge is 0.163 e. The molecule has 12 heavy (non-hydrogen) atoms. The predicted molar refractivity (Wildman–Crippen MR) is 49.4 cm³/mol. The average Bonchev–Trinajstić information content (AvgIpc) is 2.03. The molecule has 1 aliphatic heterocycles. The van der Waals surface area contributed by atoms with Gasteiger partial charge in [0.25, 0.3) is 0 Å². The van der Waals surface area contributed by atoms with Crippen molar-refractivity contribution in [2.24, 2.45) is 0 Å². The van der Waals surface area contributed by atoms with Gasteiger partial charge in [-0.3, -0.25) is 4.90 Å². The summed E-state index contributed by atoms with van der Waals surface area (Å²) in [5.74, 6) is 0. The van der Waals surface area contributed by atoms with E-state index in [1.54, 1.807) is 6.92 Å². The molecule has 1 unspecified atom stereocenters. The second-order valence-corrected chi connectivity index (χ2v) is 5.70. The first-order valence-electron chi connectivity index (χ1n) is 4.26. The van der Waals surface area contributed by atoms with E-state index in [0.717, 1.165) is 25.9 Å². The second kappa shape index (κ2) is 3.75. The van der Waals surface area contributed by atoms with Gasteiger partial charge in [0, 0.05) is 12.8 Å². The lowest BCUT2D eigenvalue weighted by atomic mass is 10.1. The zero-order chi connectivity index (χ0) is 9.19. The third-order valence-electron chi connectivity index (χ3n) is 2.35. The molecule has 0 amide bonds. The molecule has 0 saturated carbocycles. The highest BCUT2D eigenvalue weighted by atomic mass is 32.2. The van der Waals surface area contributed by atoms with Gasteiger partial charge in [0.15, 0.2) is 9.84 Å². The fraction of sp³-hybridized carbons (Fsp3) is 0.875. The van der Waals surface area contributed by atoms with Crippen molar-refractivity contribution >= 4 is 9.84 Å². The maximum atomic E-state index is 11.2. The fourth-order valence-corrected chi connectivity index (χ4v) is 2.12. The van der Waals surface area contributed by atoms with Crippen LogP contribution >= 0.6 is 0 Å². The molecule has 0 aliphatic carbocycles. The normalized spacial score (nSPS) is 23.8. The first-order valence-corrected chi connectivity index (χ1v) is 6.22. The lowest BCUT2D eigenvalue weighted by Gasteiger charge is -2.30. The number of hydrogen-bond donors (Lipinski definition) is 0. The van der Waals surface area contributed by atoms with Crippen molar-refractivity contribution < 1.29 is 8.42 Å². The summed E-state index contributed by atoms with van der Waals surface area (Å²) in [7, 11) is -2.90. The standard InChI is InChI=1S/C8H16NO2S/c1-8(12(2,10)11)9-6-4-3-5-7-9/h4,8H,3,5-7H2,1-2H3. The molecule has 0 bridgehead atoms. The van der Waals surface area contributed by atoms with E-state index >= 15 is 0 Å². The van der Waals surface area contributed by atoms with Crippen LogP contribution in [0.25, 0.3) is 0 Å². The zero-order valence-electron chi connectivity index (χ0n) is 7.66. The molecule has 1 aliphatic rings. The van der Waals surface area contributed by atoms with Crippen molar-refractivity contribution in [3.05, 3.63) is 6.42 Å². The van der Waals surface area contributed by atoms with Crippen molar-refractivity contribution in [1.29, 1.82) is 0 Å². The van der Waals surface area contributed by atoms with E-state index in [1.165, 1.54) is 6.26 Å². The number of likely N-dealkylation sites (tertiary alicyclic amines) is 1. The van der Waals surface area contributed by atoms with Crippen molar-refractivity contribution in [2.75, 3.05) is 19.3 Å². The Kier molecular flexibility index (Phi) is 3.12. The van der Waals surface area contributed by atoms with E-state index in [4.69, 9.17) is 0 Å². The van der Waals surface area contributed by atoms with Crippen molar-refractivity contribution in [2.45, 2.75) is 25.1 Å². The Bertz CT molecular complexity index is 229. The lowest BCUT2D eigenvalue weighted by molar-refractivity contribution is 0.248. The van der Waals surface area contributed by atoms with Crippen LogP contribution in [0.15, 0.2) is 0 Å². The summed E-state index contributed by atoms with van der Waals surface area (Å²) >= 11 is 0. The first-order chi connectivity index (χ1) is 5.52. The van der Waals surface area contributed by atoms with Crippen LogP contribution in [0, 0.1) is 6.42 Å². The summed E-state index contributed by atoms with van der Waals surface area (Å²) in [6.07, 6.45) is 5.64. The Hall–Kier alpha value is -0.0900. The van der Waals surface area contributed by atoms with Crippen LogP contribution in [0.2, 0.25) is 0 Å². The van der Waals surface area contributed by atoms with E-state index in [9.17, 15) is 8.42 Å². The van der Waals surface area contributed by atoms with E-state index in [-0.39, 0.29) is 5.37 Å². The highest BCUT2D eigenvalue weighted by Gasteiger charge is 2.23. The minimum absolute atomic E-state index is 0.325. The van der Waals surface area contributed by atoms with Gasteiger partial charge in [-0.15, -0.1) is 0 Å². The SMILES string of the molecule is CC(N1C[CH]CCC1)S(C)(=O)=O. The minimum Gasteiger partial charge on any atom is -0.287 e. The Morgan fingerprint density at radius 2 is 2.17 bits per heavy atom. The van der Waals surface area contributed by atoms with Crippen molar-refractivity contribution in [3.8, 4) is 0 Å². The molecule has 1 atom stereocenters. The van der Waals surface area contributed by atoms with Gasteiger partial charge in [-0.1, -0.05) is 0 Å². The van der Waals surface area contributed by atoms with Gasteiger partial charge in [0.1, 0.15) is 5.37 Å². The van der Waals surface area contributed by atoms with Crippen LogP contribution in [0.5, 0.6) is 0 Å². The van der Waals surface area contributed by atoms with E-state index < -0.39 is 9.84 Å². The third-order valence-corrected chi connectivity index (χ3v) is 3.89. The number of sulfone groups is 1. The molecule has 0 N–H and O–H groups in total. The Balaban J connectivity index is 2.57. The molecule has 0 spiro atoms. The molecule has 0 aromatic heterocycles. The van der Waals surface area contributed by atoms with Crippen LogP contribution < -0.4 is 0 Å². The predicted octanol–water partition coefficient (Wildman–Crippen LogP) is 0.677. The quantitative estimate of drug-likeness (QED) is 0.642. The Labute approximate surface area is 74.7 Å². The number of hydrogen-bond acceptors (Lipinski definition) is 3. The van der Waals surface area contributed by atoms with Gasteiger partial charge >= 0.3 is 0 Å². The van der Waals surface area contributed by atoms with E-state index in [2.05, 4.69) is 6.42 Å². The van der Waals surface area contributed by atoms with E-state index in [0.29, 0.717) is 0 Å².